The number of piperidine rings is 2. The Kier molecular flexibility index (Phi) is 14.5. The van der Waals surface area contributed by atoms with E-state index in [2.05, 4.69) is 17.0 Å². The second kappa shape index (κ2) is 18.7. The number of fused-ring (bicyclic) bond motifs is 2. The number of morpholine rings is 1. The number of carbonyl (C=O) groups is 2. The van der Waals surface area contributed by atoms with Gasteiger partial charge < -0.3 is 29.3 Å². The first-order chi connectivity index (χ1) is 28.0. The molecule has 1 aliphatic carbocycles. The highest BCUT2D eigenvalue weighted by Gasteiger charge is 2.50. The van der Waals surface area contributed by atoms with Gasteiger partial charge in [0, 0.05) is 43.8 Å². The predicted octanol–water partition coefficient (Wildman–Crippen LogP) is 8.81. The number of carbonyl (C=O) groups excluding carboxylic acids is 2. The minimum absolute atomic E-state index is 0. The zero-order valence-electron chi connectivity index (χ0n) is 32.8. The van der Waals surface area contributed by atoms with Gasteiger partial charge in [0.2, 0.25) is 5.91 Å². The van der Waals surface area contributed by atoms with Gasteiger partial charge >= 0.3 is 12.4 Å². The second-order valence-corrected chi connectivity index (χ2v) is 17.1. The van der Waals surface area contributed by atoms with Crippen LogP contribution in [0, 0.1) is 5.92 Å². The number of rotatable bonds is 10. The maximum absolute atomic E-state index is 13.8. The van der Waals surface area contributed by atoms with Crippen molar-refractivity contribution in [2.75, 3.05) is 65.6 Å². The average Bonchev–Trinajstić information content (AvgIpc) is 3.52. The van der Waals surface area contributed by atoms with Gasteiger partial charge in [-0.1, -0.05) is 53.5 Å². The standard InChI is InChI=1S/C43H47Cl2F6N3O5.ClH/c44-35-6-5-31(25-36(35)45)41(27-54(18-20-59-41)39(57)30-21-32(42(46,47)48)24-33(22-30)43(49,50)51)12-17-52-15-10-40(11-16-52)34-4-2-1-3-29(34)23-37(40)58-26-38(56)53-13-7-28(8-14-53)9-19-55;/h1-6,21-22,24-25,28,37,55H,7-20,23,26-27H2;1H/t37-,41+;/m0./s1. The number of nitrogens with zero attached hydrogens (tertiary/aromatic N) is 3. The molecule has 328 valence electrons. The van der Waals surface area contributed by atoms with Crippen LogP contribution in [0.2, 0.25) is 10.0 Å². The van der Waals surface area contributed by atoms with Crippen molar-refractivity contribution in [3.63, 3.8) is 0 Å². The Morgan fingerprint density at radius 2 is 1.52 bits per heavy atom. The Bertz CT molecular complexity index is 1970. The molecule has 3 saturated heterocycles. The van der Waals surface area contributed by atoms with Crippen molar-refractivity contribution in [3.05, 3.63) is 104 Å². The number of benzene rings is 3. The summed E-state index contributed by atoms with van der Waals surface area (Å²) >= 11 is 12.7. The summed E-state index contributed by atoms with van der Waals surface area (Å²) in [6, 6.07) is 14.1. The van der Waals surface area contributed by atoms with Crippen LogP contribution in [0.15, 0.2) is 60.7 Å². The summed E-state index contributed by atoms with van der Waals surface area (Å²) in [6.07, 6.45) is -5.43. The molecule has 7 rings (SSSR count). The summed E-state index contributed by atoms with van der Waals surface area (Å²) in [7, 11) is 0. The fourth-order valence-electron chi connectivity index (χ4n) is 9.46. The van der Waals surface area contributed by atoms with Gasteiger partial charge in [-0.05, 0) is 111 Å². The molecule has 3 aromatic rings. The van der Waals surface area contributed by atoms with Gasteiger partial charge in [0.1, 0.15) is 12.2 Å². The SMILES string of the molecule is Cl.O=C(CO[C@H]1Cc2ccccc2C12CCN(CC[C@]1(c3ccc(Cl)c(Cl)c3)CN(C(=O)c3cc(C(F)(F)F)cc(C(F)(F)F)c3)CCO1)CC2)N1CCC(CCO)CC1. The van der Waals surface area contributed by atoms with E-state index in [1.165, 1.54) is 16.0 Å². The zero-order valence-corrected chi connectivity index (χ0v) is 35.1. The number of aliphatic hydroxyl groups is 1. The molecular formula is C43H48Cl3F6N3O5. The topological polar surface area (TPSA) is 82.5 Å². The molecule has 17 heteroatoms. The van der Waals surface area contributed by atoms with Gasteiger partial charge in [-0.3, -0.25) is 9.59 Å². The minimum atomic E-state index is -5.11. The van der Waals surface area contributed by atoms with Crippen molar-refractivity contribution in [3.8, 4) is 0 Å². The molecule has 0 radical (unpaired) electrons. The molecular weight excluding hydrogens is 859 g/mol. The van der Waals surface area contributed by atoms with Crippen molar-refractivity contribution >= 4 is 47.4 Å². The Hall–Kier alpha value is -3.11. The summed E-state index contributed by atoms with van der Waals surface area (Å²) in [6.45, 7) is 3.03. The summed E-state index contributed by atoms with van der Waals surface area (Å²) in [4.78, 5) is 32.5. The van der Waals surface area contributed by atoms with Crippen LogP contribution in [-0.2, 0) is 44.1 Å². The lowest BCUT2D eigenvalue weighted by Crippen LogP contribution is -2.54. The van der Waals surface area contributed by atoms with Crippen molar-refractivity contribution < 1.29 is 50.5 Å². The number of likely N-dealkylation sites (tertiary alicyclic amines) is 2. The van der Waals surface area contributed by atoms with E-state index in [1.54, 1.807) is 18.2 Å². The molecule has 0 bridgehead atoms. The van der Waals surface area contributed by atoms with Crippen LogP contribution in [0.4, 0.5) is 26.3 Å². The monoisotopic (exact) mass is 905 g/mol. The molecule has 2 atom stereocenters. The zero-order chi connectivity index (χ0) is 42.2. The van der Waals surface area contributed by atoms with Crippen molar-refractivity contribution in [1.82, 2.24) is 14.7 Å². The van der Waals surface area contributed by atoms with E-state index in [9.17, 15) is 41.0 Å². The molecule has 8 nitrogen and oxygen atoms in total. The second-order valence-electron chi connectivity index (χ2n) is 16.2. The van der Waals surface area contributed by atoms with E-state index in [0.717, 1.165) is 32.1 Å². The smallest absolute Gasteiger partial charge is 0.396 e. The van der Waals surface area contributed by atoms with E-state index in [-0.39, 0.29) is 78.9 Å². The lowest BCUT2D eigenvalue weighted by Gasteiger charge is -2.46. The van der Waals surface area contributed by atoms with Crippen LogP contribution in [0.1, 0.15) is 76.7 Å². The highest BCUT2D eigenvalue weighted by Crippen LogP contribution is 2.48. The molecule has 2 amide bonds. The van der Waals surface area contributed by atoms with Gasteiger partial charge in [0.15, 0.2) is 0 Å². The third-order valence-corrected chi connectivity index (χ3v) is 13.6. The predicted molar refractivity (Wildman–Crippen MR) is 217 cm³/mol. The summed E-state index contributed by atoms with van der Waals surface area (Å²) in [5.41, 5.74) is -2.40. The maximum atomic E-state index is 13.8. The van der Waals surface area contributed by atoms with Crippen LogP contribution in [0.3, 0.4) is 0 Å². The first kappa shape index (κ1) is 46.4. The summed E-state index contributed by atoms with van der Waals surface area (Å²) < 4.78 is 95.3. The molecule has 4 aliphatic rings. The Balaban J connectivity index is 0.00000604. The van der Waals surface area contributed by atoms with Crippen LogP contribution >= 0.6 is 35.6 Å². The van der Waals surface area contributed by atoms with Gasteiger partial charge in [-0.25, -0.2) is 0 Å². The van der Waals surface area contributed by atoms with E-state index in [0.29, 0.717) is 69.2 Å². The van der Waals surface area contributed by atoms with Gasteiger partial charge in [-0.15, -0.1) is 12.4 Å². The fourth-order valence-corrected chi connectivity index (χ4v) is 9.76. The first-order valence-corrected chi connectivity index (χ1v) is 20.8. The Morgan fingerprint density at radius 3 is 2.15 bits per heavy atom. The van der Waals surface area contributed by atoms with E-state index in [1.807, 2.05) is 17.0 Å². The minimum Gasteiger partial charge on any atom is -0.396 e. The number of alkyl halides is 6. The largest absolute Gasteiger partial charge is 0.416 e. The van der Waals surface area contributed by atoms with Crippen molar-refractivity contribution in [1.29, 1.82) is 0 Å². The number of hydrogen-bond acceptors (Lipinski definition) is 6. The maximum Gasteiger partial charge on any atom is 0.416 e. The molecule has 0 aromatic heterocycles. The van der Waals surface area contributed by atoms with Gasteiger partial charge in [-0.2, -0.15) is 26.3 Å². The third kappa shape index (κ3) is 9.90. The molecule has 0 unspecified atom stereocenters. The van der Waals surface area contributed by atoms with Crippen molar-refractivity contribution in [2.45, 2.75) is 74.4 Å². The summed E-state index contributed by atoms with van der Waals surface area (Å²) in [5.74, 6) is -0.588. The molecule has 3 aromatic carbocycles. The average molecular weight is 907 g/mol. The molecule has 60 heavy (non-hydrogen) atoms. The number of amides is 2. The molecule has 1 N–H and O–H groups in total. The quantitative estimate of drug-likeness (QED) is 0.205. The Labute approximate surface area is 361 Å². The third-order valence-electron chi connectivity index (χ3n) is 12.8. The van der Waals surface area contributed by atoms with Crippen LogP contribution in [0.5, 0.6) is 0 Å². The molecule has 3 heterocycles. The van der Waals surface area contributed by atoms with Crippen LogP contribution in [0.25, 0.3) is 0 Å². The van der Waals surface area contributed by atoms with Crippen molar-refractivity contribution in [2.24, 2.45) is 5.92 Å². The fraction of sp³-hybridized carbons (Fsp3) is 0.535. The van der Waals surface area contributed by atoms with E-state index >= 15 is 0 Å². The van der Waals surface area contributed by atoms with Crippen LogP contribution < -0.4 is 0 Å². The molecule has 3 aliphatic heterocycles. The molecule has 1 spiro atoms. The van der Waals surface area contributed by atoms with Crippen LogP contribution in [-0.4, -0.2) is 103 Å². The Morgan fingerprint density at radius 1 is 0.850 bits per heavy atom. The summed E-state index contributed by atoms with van der Waals surface area (Å²) in [5, 5.41) is 9.80. The molecule has 0 saturated carbocycles. The lowest BCUT2D eigenvalue weighted by molar-refractivity contribution is -0.143. The normalized spacial score (nSPS) is 22.4. The number of ether oxygens (including phenoxy) is 2. The van der Waals surface area contributed by atoms with Gasteiger partial charge in [0.05, 0.1) is 40.4 Å². The molecule has 3 fully saturated rings. The number of hydrogen-bond donors (Lipinski definition) is 1. The number of halogens is 9. The highest BCUT2D eigenvalue weighted by molar-refractivity contribution is 6.42. The lowest BCUT2D eigenvalue weighted by atomic mass is 9.72. The van der Waals surface area contributed by atoms with Gasteiger partial charge in [0.25, 0.3) is 5.91 Å². The highest BCUT2D eigenvalue weighted by atomic mass is 35.5. The van der Waals surface area contributed by atoms with E-state index in [4.69, 9.17) is 32.7 Å². The van der Waals surface area contributed by atoms with E-state index < -0.39 is 40.6 Å². The number of aliphatic hydroxyl groups excluding tert-OH is 1. The first-order valence-electron chi connectivity index (χ1n) is 20.0.